The van der Waals surface area contributed by atoms with E-state index < -0.39 is 0 Å². The number of nitrogens with zero attached hydrogens (tertiary/aromatic N) is 1. The van der Waals surface area contributed by atoms with Crippen LogP contribution in [0.2, 0.25) is 0 Å². The average Bonchev–Trinajstić information content (AvgIpc) is 2.50. The van der Waals surface area contributed by atoms with Gasteiger partial charge in [0.05, 0.1) is 13.2 Å². The molecule has 0 atom stereocenters. The molecule has 1 N–H and O–H groups in total. The second-order valence-electron chi connectivity index (χ2n) is 5.02. The van der Waals surface area contributed by atoms with Gasteiger partial charge in [-0.2, -0.15) is 0 Å². The summed E-state index contributed by atoms with van der Waals surface area (Å²) in [7, 11) is 0. The van der Waals surface area contributed by atoms with E-state index in [1.54, 1.807) is 0 Å². The average molecular weight is 292 g/mol. The van der Waals surface area contributed by atoms with Crippen molar-refractivity contribution in [2.24, 2.45) is 0 Å². The number of unbranched alkanes of at least 4 members (excludes halogenated alkanes) is 1. The Morgan fingerprint density at radius 3 is 2.38 bits per heavy atom. The molecule has 1 rings (SSSR count). The Morgan fingerprint density at radius 2 is 1.81 bits per heavy atom. The van der Waals surface area contributed by atoms with Crippen LogP contribution in [-0.2, 0) is 11.3 Å². The maximum atomic E-state index is 11.8. The highest BCUT2D eigenvalue weighted by Crippen LogP contribution is 2.12. The van der Waals surface area contributed by atoms with Crippen molar-refractivity contribution in [1.82, 2.24) is 10.2 Å². The molecular weight excluding hydrogens is 264 g/mol. The zero-order valence-electron chi connectivity index (χ0n) is 13.5. The molecule has 0 aliphatic heterocycles. The van der Waals surface area contributed by atoms with Crippen LogP contribution in [0.25, 0.3) is 0 Å². The molecule has 0 unspecified atom stereocenters. The van der Waals surface area contributed by atoms with Crippen molar-refractivity contribution >= 4 is 5.91 Å². The minimum absolute atomic E-state index is 0.152. The monoisotopic (exact) mass is 292 g/mol. The van der Waals surface area contributed by atoms with Crippen LogP contribution in [0.15, 0.2) is 24.3 Å². The predicted molar refractivity (Wildman–Crippen MR) is 86.5 cm³/mol. The lowest BCUT2D eigenvalue weighted by molar-refractivity contribution is -0.129. The van der Waals surface area contributed by atoms with Gasteiger partial charge in [0.2, 0.25) is 5.91 Å². The van der Waals surface area contributed by atoms with Crippen LogP contribution in [0.4, 0.5) is 0 Å². The third kappa shape index (κ3) is 6.63. The second kappa shape index (κ2) is 10.2. The minimum atomic E-state index is 0.152. The Balaban J connectivity index is 2.31. The zero-order valence-corrected chi connectivity index (χ0v) is 13.5. The quantitative estimate of drug-likeness (QED) is 0.674. The van der Waals surface area contributed by atoms with Gasteiger partial charge in [-0.05, 0) is 38.0 Å². The lowest BCUT2D eigenvalue weighted by Crippen LogP contribution is -2.37. The third-order valence-electron chi connectivity index (χ3n) is 3.41. The van der Waals surface area contributed by atoms with Gasteiger partial charge in [-0.15, -0.1) is 0 Å². The summed E-state index contributed by atoms with van der Waals surface area (Å²) in [6, 6.07) is 8.05. The SMILES string of the molecule is CCCCOc1ccc(CNCC(=O)N(CC)CC)cc1. The Kier molecular flexibility index (Phi) is 8.51. The van der Waals surface area contributed by atoms with Gasteiger partial charge < -0.3 is 15.0 Å². The Hall–Kier alpha value is -1.55. The van der Waals surface area contributed by atoms with Crippen LogP contribution in [0.1, 0.15) is 39.2 Å². The van der Waals surface area contributed by atoms with Gasteiger partial charge in [0.25, 0.3) is 0 Å². The molecule has 0 heterocycles. The van der Waals surface area contributed by atoms with Gasteiger partial charge in [0, 0.05) is 19.6 Å². The van der Waals surface area contributed by atoms with E-state index in [-0.39, 0.29) is 5.91 Å². The van der Waals surface area contributed by atoms with Crippen molar-refractivity contribution in [2.75, 3.05) is 26.2 Å². The summed E-state index contributed by atoms with van der Waals surface area (Å²) in [5, 5.41) is 3.19. The van der Waals surface area contributed by atoms with Crippen LogP contribution < -0.4 is 10.1 Å². The summed E-state index contributed by atoms with van der Waals surface area (Å²) in [5.74, 6) is 1.06. The maximum absolute atomic E-state index is 11.8. The molecule has 0 fully saturated rings. The van der Waals surface area contributed by atoms with E-state index in [2.05, 4.69) is 12.2 Å². The van der Waals surface area contributed by atoms with E-state index in [0.29, 0.717) is 13.1 Å². The summed E-state index contributed by atoms with van der Waals surface area (Å²) in [5.41, 5.74) is 1.16. The molecule has 0 radical (unpaired) electrons. The Labute approximate surface area is 128 Å². The lowest BCUT2D eigenvalue weighted by Gasteiger charge is -2.18. The summed E-state index contributed by atoms with van der Waals surface area (Å²) in [4.78, 5) is 13.7. The van der Waals surface area contributed by atoms with Crippen molar-refractivity contribution in [3.8, 4) is 5.75 Å². The summed E-state index contributed by atoms with van der Waals surface area (Å²) < 4.78 is 5.62. The molecule has 21 heavy (non-hydrogen) atoms. The number of carbonyl (C=O) groups excluding carboxylic acids is 1. The van der Waals surface area contributed by atoms with Gasteiger partial charge in [0.1, 0.15) is 5.75 Å². The van der Waals surface area contributed by atoms with Crippen LogP contribution in [0.3, 0.4) is 0 Å². The number of carbonyl (C=O) groups is 1. The highest BCUT2D eigenvalue weighted by Gasteiger charge is 2.08. The van der Waals surface area contributed by atoms with Crippen molar-refractivity contribution < 1.29 is 9.53 Å². The molecule has 4 nitrogen and oxygen atoms in total. The molecule has 1 amide bonds. The molecule has 0 spiro atoms. The first-order chi connectivity index (χ1) is 10.2. The summed E-state index contributed by atoms with van der Waals surface area (Å²) in [6.07, 6.45) is 2.22. The Morgan fingerprint density at radius 1 is 1.14 bits per heavy atom. The van der Waals surface area contributed by atoms with Gasteiger partial charge in [-0.25, -0.2) is 0 Å². The van der Waals surface area contributed by atoms with Crippen molar-refractivity contribution in [3.05, 3.63) is 29.8 Å². The fraction of sp³-hybridized carbons (Fsp3) is 0.588. The summed E-state index contributed by atoms with van der Waals surface area (Å²) >= 11 is 0. The number of hydrogen-bond donors (Lipinski definition) is 1. The van der Waals surface area contributed by atoms with Crippen LogP contribution in [0, 0.1) is 0 Å². The van der Waals surface area contributed by atoms with E-state index >= 15 is 0 Å². The predicted octanol–water partition coefficient (Wildman–Crippen LogP) is 2.82. The fourth-order valence-corrected chi connectivity index (χ4v) is 2.04. The van der Waals surface area contributed by atoms with Gasteiger partial charge in [-0.1, -0.05) is 25.5 Å². The van der Waals surface area contributed by atoms with Crippen molar-refractivity contribution in [3.63, 3.8) is 0 Å². The first kappa shape index (κ1) is 17.5. The van der Waals surface area contributed by atoms with E-state index in [1.165, 1.54) is 0 Å². The molecule has 0 saturated carbocycles. The lowest BCUT2D eigenvalue weighted by atomic mass is 10.2. The number of likely N-dealkylation sites (N-methyl/N-ethyl adjacent to an activating group) is 1. The highest BCUT2D eigenvalue weighted by atomic mass is 16.5. The largest absolute Gasteiger partial charge is 0.494 e. The van der Waals surface area contributed by atoms with Gasteiger partial charge >= 0.3 is 0 Å². The fourth-order valence-electron chi connectivity index (χ4n) is 2.04. The van der Waals surface area contributed by atoms with Gasteiger partial charge in [-0.3, -0.25) is 4.79 Å². The molecule has 1 aromatic carbocycles. The standard InChI is InChI=1S/C17H28N2O2/c1-4-7-12-21-16-10-8-15(9-11-16)13-18-14-17(20)19(5-2)6-3/h8-11,18H,4-7,12-14H2,1-3H3. The smallest absolute Gasteiger partial charge is 0.236 e. The second-order valence-corrected chi connectivity index (χ2v) is 5.02. The number of benzene rings is 1. The van der Waals surface area contributed by atoms with Crippen molar-refractivity contribution in [2.45, 2.75) is 40.2 Å². The first-order valence-corrected chi connectivity index (χ1v) is 7.91. The van der Waals surface area contributed by atoms with Gasteiger partial charge in [0.15, 0.2) is 0 Å². The molecule has 1 aromatic rings. The molecule has 4 heteroatoms. The number of nitrogens with one attached hydrogen (secondary N) is 1. The third-order valence-corrected chi connectivity index (χ3v) is 3.41. The zero-order chi connectivity index (χ0) is 15.5. The molecule has 0 bridgehead atoms. The van der Waals surface area contributed by atoms with E-state index in [1.807, 2.05) is 43.0 Å². The molecule has 0 aromatic heterocycles. The molecule has 0 saturated heterocycles. The molecular formula is C17H28N2O2. The van der Waals surface area contributed by atoms with E-state index in [0.717, 1.165) is 43.9 Å². The van der Waals surface area contributed by atoms with E-state index in [9.17, 15) is 4.79 Å². The number of amides is 1. The number of rotatable bonds is 10. The summed E-state index contributed by atoms with van der Waals surface area (Å²) in [6.45, 7) is 9.53. The maximum Gasteiger partial charge on any atom is 0.236 e. The normalized spacial score (nSPS) is 10.4. The molecule has 0 aliphatic rings. The highest BCUT2D eigenvalue weighted by molar-refractivity contribution is 5.78. The van der Waals surface area contributed by atoms with Crippen LogP contribution in [-0.4, -0.2) is 37.0 Å². The van der Waals surface area contributed by atoms with Crippen LogP contribution >= 0.6 is 0 Å². The topological polar surface area (TPSA) is 41.6 Å². The number of hydrogen-bond acceptors (Lipinski definition) is 3. The Bertz CT molecular complexity index is 400. The first-order valence-electron chi connectivity index (χ1n) is 7.91. The molecule has 118 valence electrons. The number of ether oxygens (including phenoxy) is 1. The molecule has 0 aliphatic carbocycles. The van der Waals surface area contributed by atoms with E-state index in [4.69, 9.17) is 4.74 Å². The van der Waals surface area contributed by atoms with Crippen molar-refractivity contribution in [1.29, 1.82) is 0 Å². The minimum Gasteiger partial charge on any atom is -0.494 e. The van der Waals surface area contributed by atoms with Crippen LogP contribution in [0.5, 0.6) is 5.75 Å².